The van der Waals surface area contributed by atoms with Gasteiger partial charge in [0.2, 0.25) is 5.95 Å². The third-order valence-corrected chi connectivity index (χ3v) is 9.96. The molecule has 0 unspecified atom stereocenters. The molecule has 0 N–H and O–H groups in total. The second-order valence-corrected chi connectivity index (χ2v) is 12.6. The van der Waals surface area contributed by atoms with E-state index in [2.05, 4.69) is 156 Å². The summed E-state index contributed by atoms with van der Waals surface area (Å²) in [7, 11) is 0. The van der Waals surface area contributed by atoms with Gasteiger partial charge in [-0.05, 0) is 62.0 Å². The van der Waals surface area contributed by atoms with Crippen molar-refractivity contribution in [3.63, 3.8) is 0 Å². The highest BCUT2D eigenvalue weighted by molar-refractivity contribution is 6.28. The number of fused-ring (bicyclic) bond motifs is 13. The monoisotopic (exact) mass is 611 g/mol. The second-order valence-electron chi connectivity index (χ2n) is 12.6. The normalized spacial score (nSPS) is 12.2. The molecule has 222 valence electrons. The highest BCUT2D eigenvalue weighted by Gasteiger charge is 2.23. The molecule has 0 aliphatic rings. The lowest BCUT2D eigenvalue weighted by molar-refractivity contribution is 0.670. The van der Waals surface area contributed by atoms with Crippen LogP contribution >= 0.6 is 0 Å². The van der Waals surface area contributed by atoms with Gasteiger partial charge in [0.15, 0.2) is 5.58 Å². The summed E-state index contributed by atoms with van der Waals surface area (Å²) in [5.41, 5.74) is 6.23. The fourth-order valence-corrected chi connectivity index (χ4v) is 7.76. The van der Waals surface area contributed by atoms with E-state index in [0.29, 0.717) is 11.5 Å². The summed E-state index contributed by atoms with van der Waals surface area (Å²) in [4.78, 5) is 10.8. The Balaban J connectivity index is 1.32. The van der Waals surface area contributed by atoms with Crippen LogP contribution in [-0.4, -0.2) is 14.5 Å². The summed E-state index contributed by atoms with van der Waals surface area (Å²) in [6, 6.07) is 53.7. The second kappa shape index (κ2) is 9.50. The molecule has 0 saturated heterocycles. The maximum atomic E-state index is 6.79. The van der Waals surface area contributed by atoms with E-state index in [1.54, 1.807) is 0 Å². The highest BCUT2D eigenvalue weighted by Crippen LogP contribution is 2.42. The van der Waals surface area contributed by atoms with Gasteiger partial charge < -0.3 is 4.42 Å². The molecule has 0 radical (unpaired) electrons. The van der Waals surface area contributed by atoms with Crippen LogP contribution in [0.2, 0.25) is 0 Å². The molecule has 48 heavy (non-hydrogen) atoms. The zero-order valence-electron chi connectivity index (χ0n) is 25.7. The molecule has 0 aliphatic carbocycles. The lowest BCUT2D eigenvalue weighted by atomic mass is 10.00. The van der Waals surface area contributed by atoms with Crippen molar-refractivity contribution < 1.29 is 4.42 Å². The third-order valence-electron chi connectivity index (χ3n) is 9.96. The zero-order valence-corrected chi connectivity index (χ0v) is 25.7. The average molecular weight is 612 g/mol. The summed E-state index contributed by atoms with van der Waals surface area (Å²) in [5, 5.41) is 12.8. The van der Waals surface area contributed by atoms with Gasteiger partial charge in [-0.2, -0.15) is 0 Å². The Labute approximate surface area is 274 Å². The molecule has 0 bridgehead atoms. The van der Waals surface area contributed by atoms with Gasteiger partial charge in [-0.25, -0.2) is 9.97 Å². The Hall–Kier alpha value is -6.52. The van der Waals surface area contributed by atoms with Crippen molar-refractivity contribution in [1.82, 2.24) is 14.5 Å². The van der Waals surface area contributed by atoms with Gasteiger partial charge in [0, 0.05) is 27.1 Å². The van der Waals surface area contributed by atoms with E-state index in [1.807, 2.05) is 0 Å². The number of hydrogen-bond acceptors (Lipinski definition) is 3. The summed E-state index contributed by atoms with van der Waals surface area (Å²) in [6.07, 6.45) is 0. The molecule has 0 aliphatic heterocycles. The maximum absolute atomic E-state index is 6.79. The molecule has 0 atom stereocenters. The minimum absolute atomic E-state index is 0.618. The SMILES string of the molecule is c1ccc2cc(-c3nc(-n4c5ccc6ccccc6c5c5c6ccccc6ccc54)nc4c3oc3c5ccccc5ccc43)ccc2c1. The molecule has 8 aromatic carbocycles. The molecule has 0 amide bonds. The van der Waals surface area contributed by atoms with Crippen molar-refractivity contribution in [3.05, 3.63) is 152 Å². The van der Waals surface area contributed by atoms with E-state index >= 15 is 0 Å². The van der Waals surface area contributed by atoms with Crippen LogP contribution in [0.4, 0.5) is 0 Å². The predicted octanol–water partition coefficient (Wildman–Crippen LogP) is 11.8. The van der Waals surface area contributed by atoms with Crippen LogP contribution in [0.5, 0.6) is 0 Å². The number of benzene rings is 8. The summed E-state index contributed by atoms with van der Waals surface area (Å²) in [5.74, 6) is 0.618. The van der Waals surface area contributed by atoms with Crippen LogP contribution in [0, 0.1) is 0 Å². The predicted molar refractivity (Wildman–Crippen MR) is 199 cm³/mol. The molecule has 11 rings (SSSR count). The van der Waals surface area contributed by atoms with E-state index in [-0.39, 0.29) is 0 Å². The molecule has 4 heteroatoms. The van der Waals surface area contributed by atoms with Crippen LogP contribution in [0.15, 0.2) is 156 Å². The maximum Gasteiger partial charge on any atom is 0.236 e. The average Bonchev–Trinajstić information content (AvgIpc) is 3.71. The fraction of sp³-hybridized carbons (Fsp3) is 0. The minimum Gasteiger partial charge on any atom is -0.451 e. The summed E-state index contributed by atoms with van der Waals surface area (Å²) < 4.78 is 9.04. The van der Waals surface area contributed by atoms with Crippen LogP contribution in [0.1, 0.15) is 0 Å². The molecule has 0 saturated carbocycles. The smallest absolute Gasteiger partial charge is 0.236 e. The summed E-state index contributed by atoms with van der Waals surface area (Å²) in [6.45, 7) is 0. The molecular formula is C44H25N3O. The minimum atomic E-state index is 0.618. The van der Waals surface area contributed by atoms with Gasteiger partial charge in [0.05, 0.1) is 11.0 Å². The Bertz CT molecular complexity index is 3040. The van der Waals surface area contributed by atoms with Gasteiger partial charge in [-0.3, -0.25) is 4.57 Å². The largest absolute Gasteiger partial charge is 0.451 e. The van der Waals surface area contributed by atoms with Crippen molar-refractivity contribution in [2.24, 2.45) is 0 Å². The van der Waals surface area contributed by atoms with Crippen LogP contribution in [0.25, 0.3) is 104 Å². The Morgan fingerprint density at radius 2 is 0.958 bits per heavy atom. The van der Waals surface area contributed by atoms with Gasteiger partial charge in [0.25, 0.3) is 0 Å². The third kappa shape index (κ3) is 3.49. The first kappa shape index (κ1) is 25.6. The molecule has 4 nitrogen and oxygen atoms in total. The van der Waals surface area contributed by atoms with Crippen LogP contribution in [-0.2, 0) is 0 Å². The molecule has 0 fully saturated rings. The first-order chi connectivity index (χ1) is 23.8. The Morgan fingerprint density at radius 1 is 0.417 bits per heavy atom. The van der Waals surface area contributed by atoms with Gasteiger partial charge in [-0.15, -0.1) is 0 Å². The molecule has 11 aromatic rings. The van der Waals surface area contributed by atoms with Gasteiger partial charge in [0.1, 0.15) is 16.8 Å². The van der Waals surface area contributed by atoms with Crippen LogP contribution < -0.4 is 0 Å². The number of nitrogens with zero attached hydrogens (tertiary/aromatic N) is 3. The van der Waals surface area contributed by atoms with Crippen molar-refractivity contribution in [3.8, 4) is 17.2 Å². The van der Waals surface area contributed by atoms with Crippen LogP contribution in [0.3, 0.4) is 0 Å². The number of furan rings is 1. The van der Waals surface area contributed by atoms with Crippen molar-refractivity contribution in [1.29, 1.82) is 0 Å². The highest BCUT2D eigenvalue weighted by atomic mass is 16.3. The first-order valence-corrected chi connectivity index (χ1v) is 16.3. The Morgan fingerprint density at radius 3 is 1.65 bits per heavy atom. The molecular weight excluding hydrogens is 587 g/mol. The van der Waals surface area contributed by atoms with Gasteiger partial charge >= 0.3 is 0 Å². The quantitative estimate of drug-likeness (QED) is 0.195. The fourth-order valence-electron chi connectivity index (χ4n) is 7.76. The summed E-state index contributed by atoms with van der Waals surface area (Å²) >= 11 is 0. The number of aromatic nitrogens is 3. The van der Waals surface area contributed by atoms with E-state index in [1.165, 1.54) is 37.7 Å². The van der Waals surface area contributed by atoms with E-state index in [0.717, 1.165) is 54.9 Å². The van der Waals surface area contributed by atoms with Crippen molar-refractivity contribution in [2.45, 2.75) is 0 Å². The zero-order chi connectivity index (χ0) is 31.3. The lowest BCUT2D eigenvalue weighted by Crippen LogP contribution is -2.03. The molecule has 0 spiro atoms. The molecule has 3 heterocycles. The van der Waals surface area contributed by atoms with Crippen molar-refractivity contribution in [2.75, 3.05) is 0 Å². The van der Waals surface area contributed by atoms with Gasteiger partial charge in [-0.1, -0.05) is 127 Å². The topological polar surface area (TPSA) is 43.9 Å². The van der Waals surface area contributed by atoms with E-state index < -0.39 is 0 Å². The lowest BCUT2D eigenvalue weighted by Gasteiger charge is -2.10. The first-order valence-electron chi connectivity index (χ1n) is 16.3. The van der Waals surface area contributed by atoms with E-state index in [9.17, 15) is 0 Å². The number of rotatable bonds is 2. The standard InChI is InChI=1S/C44H25N3O/c1-2-13-30-25-31(18-17-26(30)9-1)40-43-41(35-22-19-29-12-5-8-16-34(29)42(35)48-43)46-44(45-40)47-36-23-20-27-10-3-6-14-32(27)38(36)39-33-15-7-4-11-28(33)21-24-37(39)47/h1-25H. The van der Waals surface area contributed by atoms with Crippen molar-refractivity contribution >= 4 is 87.0 Å². The molecule has 3 aromatic heterocycles. The Kier molecular flexibility index (Phi) is 5.08. The van der Waals surface area contributed by atoms with E-state index in [4.69, 9.17) is 14.4 Å². The number of hydrogen-bond donors (Lipinski definition) is 0.